The number of aromatic nitrogens is 1. The van der Waals surface area contributed by atoms with Gasteiger partial charge in [-0.2, -0.15) is 0 Å². The number of ether oxygens (including phenoxy) is 1. The molecule has 0 fully saturated rings. The second-order valence-electron chi connectivity index (χ2n) is 5.90. The van der Waals surface area contributed by atoms with E-state index < -0.39 is 5.97 Å². The Hall–Kier alpha value is -2.89. The number of rotatable bonds is 6. The lowest BCUT2D eigenvalue weighted by Crippen LogP contribution is -2.28. The fraction of sp³-hybridized carbons (Fsp3) is 0.316. The van der Waals surface area contributed by atoms with Crippen molar-refractivity contribution < 1.29 is 19.1 Å². The maximum absolute atomic E-state index is 12.4. The molecule has 0 aliphatic heterocycles. The van der Waals surface area contributed by atoms with Crippen LogP contribution in [0.15, 0.2) is 30.3 Å². The molecule has 6 nitrogen and oxygen atoms in total. The van der Waals surface area contributed by atoms with Gasteiger partial charge in [0, 0.05) is 12.6 Å². The van der Waals surface area contributed by atoms with Crippen LogP contribution in [0.1, 0.15) is 57.6 Å². The van der Waals surface area contributed by atoms with Crippen LogP contribution in [0.5, 0.6) is 0 Å². The topological polar surface area (TPSA) is 88.3 Å². The van der Waals surface area contributed by atoms with Crippen LogP contribution >= 0.6 is 0 Å². The predicted molar refractivity (Wildman–Crippen MR) is 93.6 cm³/mol. The van der Waals surface area contributed by atoms with E-state index in [1.54, 1.807) is 6.92 Å². The Morgan fingerprint density at radius 2 is 1.84 bits per heavy atom. The molecule has 1 unspecified atom stereocenters. The van der Waals surface area contributed by atoms with Crippen LogP contribution in [0.4, 0.5) is 0 Å². The molecule has 1 aromatic carbocycles. The van der Waals surface area contributed by atoms with Crippen LogP contribution in [-0.2, 0) is 16.0 Å². The number of carbonyl (C=O) groups excluding carboxylic acids is 3. The Morgan fingerprint density at radius 1 is 1.20 bits per heavy atom. The lowest BCUT2D eigenvalue weighted by atomic mass is 10.1. The zero-order valence-electron chi connectivity index (χ0n) is 14.8. The van der Waals surface area contributed by atoms with E-state index in [0.717, 1.165) is 5.56 Å². The van der Waals surface area contributed by atoms with Gasteiger partial charge in [-0.3, -0.25) is 9.59 Å². The molecule has 1 heterocycles. The maximum Gasteiger partial charge on any atom is 0.339 e. The zero-order chi connectivity index (χ0) is 18.6. The average molecular weight is 342 g/mol. The van der Waals surface area contributed by atoms with E-state index in [9.17, 15) is 14.4 Å². The summed E-state index contributed by atoms with van der Waals surface area (Å²) in [5.41, 5.74) is 2.43. The van der Waals surface area contributed by atoms with Gasteiger partial charge < -0.3 is 15.0 Å². The number of hydrogen-bond acceptors (Lipinski definition) is 4. The largest absolute Gasteiger partial charge is 0.465 e. The number of aromatic amines is 1. The van der Waals surface area contributed by atoms with Crippen LogP contribution < -0.4 is 5.32 Å². The second kappa shape index (κ2) is 7.79. The lowest BCUT2D eigenvalue weighted by molar-refractivity contribution is -0.121. The van der Waals surface area contributed by atoms with E-state index >= 15 is 0 Å². The molecule has 1 aromatic heterocycles. The van der Waals surface area contributed by atoms with E-state index in [1.165, 1.54) is 14.0 Å². The summed E-state index contributed by atoms with van der Waals surface area (Å²) >= 11 is 0. The van der Waals surface area contributed by atoms with E-state index in [1.807, 2.05) is 37.3 Å². The number of esters is 1. The van der Waals surface area contributed by atoms with Crippen LogP contribution in [0.25, 0.3) is 0 Å². The van der Waals surface area contributed by atoms with Gasteiger partial charge in [-0.15, -0.1) is 0 Å². The van der Waals surface area contributed by atoms with Crippen molar-refractivity contribution in [2.24, 2.45) is 0 Å². The Labute approximate surface area is 146 Å². The van der Waals surface area contributed by atoms with Crippen LogP contribution in [0.2, 0.25) is 0 Å². The quantitative estimate of drug-likeness (QED) is 0.624. The summed E-state index contributed by atoms with van der Waals surface area (Å²) in [4.78, 5) is 39.0. The van der Waals surface area contributed by atoms with Crippen molar-refractivity contribution in [3.05, 3.63) is 58.4 Å². The number of amides is 1. The van der Waals surface area contributed by atoms with Crippen molar-refractivity contribution in [2.75, 3.05) is 7.11 Å². The SMILES string of the molecule is COC(=O)c1c(CC(=O)NC(C)c2ccccc2)[nH]c(C(C)=O)c1C. The monoisotopic (exact) mass is 342 g/mol. The summed E-state index contributed by atoms with van der Waals surface area (Å²) < 4.78 is 4.78. The summed E-state index contributed by atoms with van der Waals surface area (Å²) in [5, 5.41) is 2.89. The van der Waals surface area contributed by atoms with E-state index in [2.05, 4.69) is 10.3 Å². The van der Waals surface area contributed by atoms with Gasteiger partial charge in [-0.25, -0.2) is 4.79 Å². The molecule has 25 heavy (non-hydrogen) atoms. The summed E-state index contributed by atoms with van der Waals surface area (Å²) in [6.45, 7) is 4.95. The fourth-order valence-corrected chi connectivity index (χ4v) is 2.80. The van der Waals surface area contributed by atoms with Gasteiger partial charge in [0.15, 0.2) is 5.78 Å². The zero-order valence-corrected chi connectivity index (χ0v) is 14.8. The van der Waals surface area contributed by atoms with E-state index in [0.29, 0.717) is 17.0 Å². The standard InChI is InChI=1S/C19H22N2O4/c1-11-17(19(24)25-4)15(21-18(11)13(3)22)10-16(23)20-12(2)14-8-6-5-7-9-14/h5-9,12,21H,10H2,1-4H3,(H,20,23). The molecule has 2 rings (SSSR count). The molecule has 1 atom stereocenters. The van der Waals surface area contributed by atoms with Gasteiger partial charge in [0.1, 0.15) is 0 Å². The molecule has 0 aliphatic rings. The molecule has 0 bridgehead atoms. The molecule has 2 N–H and O–H groups in total. The van der Waals surface area contributed by atoms with Crippen molar-refractivity contribution in [1.29, 1.82) is 0 Å². The number of carbonyl (C=O) groups is 3. The first kappa shape index (κ1) is 18.4. The maximum atomic E-state index is 12.4. The highest BCUT2D eigenvalue weighted by Gasteiger charge is 2.24. The number of nitrogens with one attached hydrogen (secondary N) is 2. The van der Waals surface area contributed by atoms with Gasteiger partial charge in [0.25, 0.3) is 0 Å². The Balaban J connectivity index is 2.21. The fourth-order valence-electron chi connectivity index (χ4n) is 2.80. The number of hydrogen-bond donors (Lipinski definition) is 2. The van der Waals surface area contributed by atoms with Crippen molar-refractivity contribution in [3.8, 4) is 0 Å². The van der Waals surface area contributed by atoms with E-state index in [-0.39, 0.29) is 29.7 Å². The molecule has 0 radical (unpaired) electrons. The highest BCUT2D eigenvalue weighted by atomic mass is 16.5. The Kier molecular flexibility index (Phi) is 5.75. The third-order valence-corrected chi connectivity index (χ3v) is 4.08. The minimum absolute atomic E-state index is 0.0459. The minimum atomic E-state index is -0.569. The number of Topliss-reactive ketones (excluding diaryl/α,β-unsaturated/α-hetero) is 1. The number of benzene rings is 1. The lowest BCUT2D eigenvalue weighted by Gasteiger charge is -2.14. The Bertz CT molecular complexity index is 793. The molecule has 0 saturated heterocycles. The molecule has 1 amide bonds. The van der Waals surface area contributed by atoms with Crippen LogP contribution in [0.3, 0.4) is 0 Å². The van der Waals surface area contributed by atoms with Crippen LogP contribution in [-0.4, -0.2) is 29.8 Å². The molecular formula is C19H22N2O4. The highest BCUT2D eigenvalue weighted by Crippen LogP contribution is 2.21. The summed E-state index contributed by atoms with van der Waals surface area (Å²) in [6.07, 6.45) is -0.0459. The van der Waals surface area contributed by atoms with Gasteiger partial charge >= 0.3 is 5.97 Å². The molecule has 0 spiro atoms. The first-order valence-corrected chi connectivity index (χ1v) is 8.00. The highest BCUT2D eigenvalue weighted by molar-refractivity contribution is 6.01. The summed E-state index contributed by atoms with van der Waals surface area (Å²) in [6, 6.07) is 9.40. The summed E-state index contributed by atoms with van der Waals surface area (Å²) in [7, 11) is 1.27. The summed E-state index contributed by atoms with van der Waals surface area (Å²) in [5.74, 6) is -1.02. The van der Waals surface area contributed by atoms with Crippen molar-refractivity contribution in [1.82, 2.24) is 10.3 Å². The number of ketones is 1. The van der Waals surface area contributed by atoms with Gasteiger partial charge in [0.05, 0.1) is 30.8 Å². The van der Waals surface area contributed by atoms with E-state index in [4.69, 9.17) is 4.74 Å². The first-order chi connectivity index (χ1) is 11.8. The van der Waals surface area contributed by atoms with Crippen LogP contribution in [0, 0.1) is 6.92 Å². The predicted octanol–water partition coefficient (Wildman–Crippen LogP) is 2.73. The molecule has 0 saturated carbocycles. The normalized spacial score (nSPS) is 11.7. The minimum Gasteiger partial charge on any atom is -0.465 e. The molecular weight excluding hydrogens is 320 g/mol. The molecule has 6 heteroatoms. The molecule has 2 aromatic rings. The van der Waals surface area contributed by atoms with Crippen molar-refractivity contribution >= 4 is 17.7 Å². The van der Waals surface area contributed by atoms with Gasteiger partial charge in [-0.1, -0.05) is 30.3 Å². The van der Waals surface area contributed by atoms with Crippen molar-refractivity contribution in [2.45, 2.75) is 33.2 Å². The van der Waals surface area contributed by atoms with Gasteiger partial charge in [0.2, 0.25) is 5.91 Å². The Morgan fingerprint density at radius 3 is 2.40 bits per heavy atom. The first-order valence-electron chi connectivity index (χ1n) is 8.00. The molecule has 132 valence electrons. The molecule has 0 aliphatic carbocycles. The smallest absolute Gasteiger partial charge is 0.339 e. The third kappa shape index (κ3) is 4.15. The number of H-pyrrole nitrogens is 1. The number of methoxy groups -OCH3 is 1. The van der Waals surface area contributed by atoms with Crippen molar-refractivity contribution in [3.63, 3.8) is 0 Å². The third-order valence-electron chi connectivity index (χ3n) is 4.08. The second-order valence-corrected chi connectivity index (χ2v) is 5.90. The van der Waals surface area contributed by atoms with Gasteiger partial charge in [-0.05, 0) is 25.0 Å². The average Bonchev–Trinajstić information content (AvgIpc) is 2.91.